The Balaban J connectivity index is 1.70. The second-order valence-electron chi connectivity index (χ2n) is 6.25. The smallest absolute Gasteiger partial charge is 0.237 e. The van der Waals surface area contributed by atoms with Crippen LogP contribution in [0.4, 0.5) is 0 Å². The van der Waals surface area contributed by atoms with Crippen molar-refractivity contribution in [1.82, 2.24) is 20.4 Å². The molecule has 0 spiro atoms. The predicted molar refractivity (Wildman–Crippen MR) is 93.7 cm³/mol. The number of aliphatic hydroxyl groups excluding tert-OH is 2. The molecule has 0 unspecified atom stereocenters. The molecule has 2 aromatic rings. The molecule has 7 heteroatoms. The summed E-state index contributed by atoms with van der Waals surface area (Å²) in [5, 5.41) is 29.3. The minimum atomic E-state index is -0.494. The molecule has 1 aromatic carbocycles. The highest BCUT2D eigenvalue weighted by Gasteiger charge is 2.29. The molecule has 0 radical (unpaired) electrons. The van der Waals surface area contributed by atoms with Gasteiger partial charge in [0.15, 0.2) is 0 Å². The van der Waals surface area contributed by atoms with Crippen LogP contribution in [0.1, 0.15) is 24.9 Å². The molecule has 3 atom stereocenters. The number of aliphatic hydroxyl groups is 2. The standard InChI is InChI=1S/C18H24N4O3/c1-2-22-17(7-8-20-22)13-5-3-12(4-6-13)16(11-23)21-18(25)15-9-14(24)10-19-15/h3-8,14-16,19,23-24H,2,9-11H2,1H3,(H,21,25)/t14-,15+,16+/m1/s1. The summed E-state index contributed by atoms with van der Waals surface area (Å²) in [4.78, 5) is 12.3. The molecule has 1 aromatic heterocycles. The van der Waals surface area contributed by atoms with Crippen LogP contribution in [-0.2, 0) is 11.3 Å². The summed E-state index contributed by atoms with van der Waals surface area (Å²) in [5.41, 5.74) is 2.90. The fraction of sp³-hybridized carbons (Fsp3) is 0.444. The van der Waals surface area contributed by atoms with Crippen molar-refractivity contribution in [2.24, 2.45) is 0 Å². The van der Waals surface area contributed by atoms with Crippen LogP contribution in [0.25, 0.3) is 11.3 Å². The summed E-state index contributed by atoms with van der Waals surface area (Å²) in [6.07, 6.45) is 1.67. The highest BCUT2D eigenvalue weighted by atomic mass is 16.3. The van der Waals surface area contributed by atoms with Crippen molar-refractivity contribution in [1.29, 1.82) is 0 Å². The molecule has 1 fully saturated rings. The Morgan fingerprint density at radius 1 is 1.40 bits per heavy atom. The maximum absolute atomic E-state index is 12.3. The molecule has 1 aliphatic heterocycles. The van der Waals surface area contributed by atoms with Crippen molar-refractivity contribution in [3.8, 4) is 11.3 Å². The maximum Gasteiger partial charge on any atom is 0.237 e. The number of carbonyl (C=O) groups is 1. The van der Waals surface area contributed by atoms with Crippen molar-refractivity contribution >= 4 is 5.91 Å². The lowest BCUT2D eigenvalue weighted by molar-refractivity contribution is -0.124. The molecule has 1 saturated heterocycles. The van der Waals surface area contributed by atoms with E-state index in [2.05, 4.69) is 15.7 Å². The molecule has 25 heavy (non-hydrogen) atoms. The number of hydrogen-bond donors (Lipinski definition) is 4. The topological polar surface area (TPSA) is 99.4 Å². The second kappa shape index (κ2) is 7.77. The van der Waals surface area contributed by atoms with E-state index in [1.165, 1.54) is 0 Å². The fourth-order valence-corrected chi connectivity index (χ4v) is 3.14. The number of benzene rings is 1. The molecule has 7 nitrogen and oxygen atoms in total. The summed E-state index contributed by atoms with van der Waals surface area (Å²) >= 11 is 0. The number of β-amino-alcohol motifs (C(OH)–C–C–N with tert-alkyl or cyclic N) is 1. The van der Waals surface area contributed by atoms with Gasteiger partial charge in [-0.1, -0.05) is 24.3 Å². The lowest BCUT2D eigenvalue weighted by atomic mass is 10.0. The van der Waals surface area contributed by atoms with Crippen LogP contribution < -0.4 is 10.6 Å². The van der Waals surface area contributed by atoms with Gasteiger partial charge in [0.1, 0.15) is 0 Å². The van der Waals surface area contributed by atoms with E-state index >= 15 is 0 Å². The summed E-state index contributed by atoms with van der Waals surface area (Å²) < 4.78 is 1.91. The first-order chi connectivity index (χ1) is 12.1. The highest BCUT2D eigenvalue weighted by molar-refractivity contribution is 5.82. The Hall–Kier alpha value is -2.22. The molecule has 1 aliphatic rings. The van der Waals surface area contributed by atoms with E-state index in [0.29, 0.717) is 13.0 Å². The third kappa shape index (κ3) is 3.89. The highest BCUT2D eigenvalue weighted by Crippen LogP contribution is 2.22. The monoisotopic (exact) mass is 344 g/mol. The van der Waals surface area contributed by atoms with Crippen molar-refractivity contribution in [3.63, 3.8) is 0 Å². The van der Waals surface area contributed by atoms with E-state index in [4.69, 9.17) is 0 Å². The number of nitrogens with one attached hydrogen (secondary N) is 2. The van der Waals surface area contributed by atoms with Gasteiger partial charge in [0.05, 0.1) is 30.5 Å². The van der Waals surface area contributed by atoms with Crippen LogP contribution >= 0.6 is 0 Å². The van der Waals surface area contributed by atoms with Gasteiger partial charge < -0.3 is 20.8 Å². The zero-order chi connectivity index (χ0) is 17.8. The molecule has 0 bridgehead atoms. The molecule has 134 valence electrons. The van der Waals surface area contributed by atoms with Gasteiger partial charge in [-0.25, -0.2) is 0 Å². The van der Waals surface area contributed by atoms with Crippen molar-refractivity contribution in [2.75, 3.05) is 13.2 Å². The number of rotatable bonds is 6. The lowest BCUT2D eigenvalue weighted by Gasteiger charge is -2.20. The van der Waals surface area contributed by atoms with Crippen molar-refractivity contribution < 1.29 is 15.0 Å². The quantitative estimate of drug-likeness (QED) is 0.609. The van der Waals surface area contributed by atoms with Gasteiger partial charge >= 0.3 is 0 Å². The molecular formula is C18H24N4O3. The van der Waals surface area contributed by atoms with E-state index in [1.807, 2.05) is 41.9 Å². The van der Waals surface area contributed by atoms with Crippen LogP contribution in [0.15, 0.2) is 36.5 Å². The first kappa shape index (κ1) is 17.6. The van der Waals surface area contributed by atoms with E-state index in [9.17, 15) is 15.0 Å². The first-order valence-corrected chi connectivity index (χ1v) is 8.57. The predicted octanol–water partition coefficient (Wildman–Crippen LogP) is 0.442. The van der Waals surface area contributed by atoms with Crippen molar-refractivity contribution in [2.45, 2.75) is 38.1 Å². The summed E-state index contributed by atoms with van der Waals surface area (Å²) in [6.45, 7) is 3.06. The van der Waals surface area contributed by atoms with Crippen LogP contribution in [0.3, 0.4) is 0 Å². The molecular weight excluding hydrogens is 320 g/mol. The Bertz CT molecular complexity index is 713. The normalized spacial score (nSPS) is 21.2. The Morgan fingerprint density at radius 3 is 2.76 bits per heavy atom. The van der Waals surface area contributed by atoms with Crippen LogP contribution in [0.2, 0.25) is 0 Å². The average molecular weight is 344 g/mol. The molecule has 0 saturated carbocycles. The third-order valence-corrected chi connectivity index (χ3v) is 4.55. The van der Waals surface area contributed by atoms with Gasteiger partial charge in [-0.3, -0.25) is 9.48 Å². The van der Waals surface area contributed by atoms with E-state index in [-0.39, 0.29) is 12.5 Å². The minimum absolute atomic E-state index is 0.187. The van der Waals surface area contributed by atoms with E-state index < -0.39 is 18.2 Å². The number of hydrogen-bond acceptors (Lipinski definition) is 5. The SMILES string of the molecule is CCn1nccc1-c1ccc([C@H](CO)NC(=O)[C@@H]2C[C@@H](O)CN2)cc1. The van der Waals surface area contributed by atoms with Crippen LogP contribution in [-0.4, -0.2) is 51.2 Å². The Labute approximate surface area is 146 Å². The van der Waals surface area contributed by atoms with Gasteiger partial charge in [0.2, 0.25) is 5.91 Å². The molecule has 4 N–H and O–H groups in total. The second-order valence-corrected chi connectivity index (χ2v) is 6.25. The van der Waals surface area contributed by atoms with Crippen molar-refractivity contribution in [3.05, 3.63) is 42.1 Å². The first-order valence-electron chi connectivity index (χ1n) is 8.57. The summed E-state index contributed by atoms with van der Waals surface area (Å²) in [5.74, 6) is -0.205. The third-order valence-electron chi connectivity index (χ3n) is 4.55. The van der Waals surface area contributed by atoms with Gasteiger partial charge in [-0.15, -0.1) is 0 Å². The number of nitrogens with zero attached hydrogens (tertiary/aromatic N) is 2. The number of aryl methyl sites for hydroxylation is 1. The van der Waals surface area contributed by atoms with Gasteiger partial charge in [0, 0.05) is 19.3 Å². The van der Waals surface area contributed by atoms with Crippen LogP contribution in [0, 0.1) is 0 Å². The fourth-order valence-electron chi connectivity index (χ4n) is 3.14. The van der Waals surface area contributed by atoms with Gasteiger partial charge in [0.25, 0.3) is 0 Å². The number of amides is 1. The average Bonchev–Trinajstić information content (AvgIpc) is 3.28. The number of aromatic nitrogens is 2. The summed E-state index contributed by atoms with van der Waals surface area (Å²) in [6, 6.07) is 8.80. The zero-order valence-corrected chi connectivity index (χ0v) is 14.2. The molecule has 1 amide bonds. The van der Waals surface area contributed by atoms with Gasteiger partial charge in [-0.2, -0.15) is 5.10 Å². The maximum atomic E-state index is 12.3. The minimum Gasteiger partial charge on any atom is -0.394 e. The zero-order valence-electron chi connectivity index (χ0n) is 14.2. The van der Waals surface area contributed by atoms with Crippen LogP contribution in [0.5, 0.6) is 0 Å². The molecule has 2 heterocycles. The Kier molecular flexibility index (Phi) is 5.47. The van der Waals surface area contributed by atoms with Gasteiger partial charge in [-0.05, 0) is 30.5 Å². The van der Waals surface area contributed by atoms with E-state index in [1.54, 1.807) is 6.20 Å². The Morgan fingerprint density at radius 2 is 2.16 bits per heavy atom. The van der Waals surface area contributed by atoms with E-state index in [0.717, 1.165) is 23.4 Å². The largest absolute Gasteiger partial charge is 0.394 e. The summed E-state index contributed by atoms with van der Waals surface area (Å²) in [7, 11) is 0. The lowest BCUT2D eigenvalue weighted by Crippen LogP contribution is -2.42. The molecule has 3 rings (SSSR count). The molecule has 0 aliphatic carbocycles. The number of carbonyl (C=O) groups excluding carboxylic acids is 1.